The molecule has 0 aliphatic rings. The zero-order chi connectivity index (χ0) is 19.0. The lowest BCUT2D eigenvalue weighted by molar-refractivity contribution is 0.102. The Hall–Kier alpha value is -3.67. The molecule has 0 bridgehead atoms. The summed E-state index contributed by atoms with van der Waals surface area (Å²) in [5.74, 6) is -0.316. The van der Waals surface area contributed by atoms with Crippen molar-refractivity contribution in [3.8, 4) is 11.3 Å². The molecule has 0 aliphatic carbocycles. The molecule has 0 saturated heterocycles. The summed E-state index contributed by atoms with van der Waals surface area (Å²) < 4.78 is 3.42. The minimum atomic E-state index is -0.316. The molecule has 1 N–H and O–H groups in total. The van der Waals surface area contributed by atoms with Crippen LogP contribution in [0.15, 0.2) is 71.9 Å². The van der Waals surface area contributed by atoms with Gasteiger partial charge in [-0.15, -0.1) is 0 Å². The third kappa shape index (κ3) is 3.25. The van der Waals surface area contributed by atoms with E-state index in [-0.39, 0.29) is 11.5 Å². The predicted octanol–water partition coefficient (Wildman–Crippen LogP) is 3.26. The third-order valence-corrected chi connectivity index (χ3v) is 4.48. The number of carbonyl (C=O) groups is 1. The van der Waals surface area contributed by atoms with Gasteiger partial charge in [-0.2, -0.15) is 0 Å². The number of pyridine rings is 2. The molecule has 0 saturated carbocycles. The summed E-state index contributed by atoms with van der Waals surface area (Å²) in [7, 11) is 1.64. The molecule has 6 heteroatoms. The van der Waals surface area contributed by atoms with E-state index in [1.807, 2.05) is 60.1 Å². The Morgan fingerprint density at radius 1 is 1.07 bits per heavy atom. The number of amides is 1. The SMILES string of the molecule is Cc1cccn2cc(-c3ccc(NC(=O)c4ccn(C)c(=O)c4)cc3)nc12. The molecule has 6 nitrogen and oxygen atoms in total. The van der Waals surface area contributed by atoms with Gasteiger partial charge in [-0.3, -0.25) is 9.59 Å². The van der Waals surface area contributed by atoms with E-state index >= 15 is 0 Å². The average molecular weight is 358 g/mol. The van der Waals surface area contributed by atoms with Gasteiger partial charge in [0.2, 0.25) is 0 Å². The number of nitrogens with zero attached hydrogens (tertiary/aromatic N) is 3. The molecule has 0 aliphatic heterocycles. The first kappa shape index (κ1) is 16.8. The van der Waals surface area contributed by atoms with Gasteiger partial charge >= 0.3 is 0 Å². The van der Waals surface area contributed by atoms with Crippen LogP contribution in [0, 0.1) is 6.92 Å². The molecule has 134 valence electrons. The van der Waals surface area contributed by atoms with Gasteiger partial charge in [-0.25, -0.2) is 4.98 Å². The molecule has 0 unspecified atom stereocenters. The Kier molecular flexibility index (Phi) is 4.08. The fourth-order valence-electron chi connectivity index (χ4n) is 2.91. The number of imidazole rings is 1. The molecule has 4 rings (SSSR count). The number of hydrogen-bond donors (Lipinski definition) is 1. The molecule has 0 fully saturated rings. The zero-order valence-corrected chi connectivity index (χ0v) is 15.0. The Bertz CT molecular complexity index is 1200. The molecule has 0 radical (unpaired) electrons. The summed E-state index contributed by atoms with van der Waals surface area (Å²) in [5.41, 5.74) is 4.64. The molecule has 0 atom stereocenters. The molecule has 0 spiro atoms. The molecule has 27 heavy (non-hydrogen) atoms. The first-order valence-corrected chi connectivity index (χ1v) is 8.54. The van der Waals surface area contributed by atoms with Crippen LogP contribution in [0.4, 0.5) is 5.69 Å². The predicted molar refractivity (Wildman–Crippen MR) is 105 cm³/mol. The number of anilines is 1. The summed E-state index contributed by atoms with van der Waals surface area (Å²) in [4.78, 5) is 28.7. The van der Waals surface area contributed by atoms with Crippen LogP contribution in [-0.2, 0) is 7.05 Å². The van der Waals surface area contributed by atoms with Crippen LogP contribution in [0.5, 0.6) is 0 Å². The second-order valence-corrected chi connectivity index (χ2v) is 6.44. The fraction of sp³-hybridized carbons (Fsp3) is 0.0952. The fourth-order valence-corrected chi connectivity index (χ4v) is 2.91. The Morgan fingerprint density at radius 3 is 2.56 bits per heavy atom. The van der Waals surface area contributed by atoms with Gasteiger partial charge in [0.05, 0.1) is 5.69 Å². The van der Waals surface area contributed by atoms with E-state index in [1.165, 1.54) is 10.6 Å². The zero-order valence-electron chi connectivity index (χ0n) is 15.0. The first-order chi connectivity index (χ1) is 13.0. The van der Waals surface area contributed by atoms with Crippen molar-refractivity contribution in [2.24, 2.45) is 7.05 Å². The molecular weight excluding hydrogens is 340 g/mol. The van der Waals surface area contributed by atoms with Crippen molar-refractivity contribution in [1.82, 2.24) is 14.0 Å². The second kappa shape index (κ2) is 6.57. The summed E-state index contributed by atoms with van der Waals surface area (Å²) in [6, 6.07) is 14.4. The van der Waals surface area contributed by atoms with Gasteiger partial charge in [0.15, 0.2) is 0 Å². The lowest BCUT2D eigenvalue weighted by atomic mass is 10.1. The number of aryl methyl sites for hydroxylation is 2. The summed E-state index contributed by atoms with van der Waals surface area (Å²) >= 11 is 0. The van der Waals surface area contributed by atoms with Crippen LogP contribution in [0.25, 0.3) is 16.9 Å². The maximum Gasteiger partial charge on any atom is 0.255 e. The second-order valence-electron chi connectivity index (χ2n) is 6.44. The highest BCUT2D eigenvalue weighted by atomic mass is 16.2. The largest absolute Gasteiger partial charge is 0.322 e. The summed E-state index contributed by atoms with van der Waals surface area (Å²) in [5, 5.41) is 2.81. The van der Waals surface area contributed by atoms with E-state index in [2.05, 4.69) is 10.3 Å². The Morgan fingerprint density at radius 2 is 1.85 bits per heavy atom. The molecule has 4 aromatic rings. The molecular formula is C21H18N4O2. The van der Waals surface area contributed by atoms with Gasteiger partial charge in [0, 0.05) is 48.5 Å². The number of benzene rings is 1. The molecule has 1 amide bonds. The number of hydrogen-bond acceptors (Lipinski definition) is 3. The lowest BCUT2D eigenvalue weighted by Gasteiger charge is -2.06. The van der Waals surface area contributed by atoms with Crippen molar-refractivity contribution in [2.45, 2.75) is 6.92 Å². The van der Waals surface area contributed by atoms with Crippen LogP contribution in [-0.4, -0.2) is 19.9 Å². The van der Waals surface area contributed by atoms with Crippen molar-refractivity contribution in [2.75, 3.05) is 5.32 Å². The van der Waals surface area contributed by atoms with Crippen LogP contribution >= 0.6 is 0 Å². The van der Waals surface area contributed by atoms with E-state index in [1.54, 1.807) is 19.3 Å². The van der Waals surface area contributed by atoms with E-state index in [9.17, 15) is 9.59 Å². The molecule has 3 heterocycles. The van der Waals surface area contributed by atoms with Gasteiger partial charge in [-0.05, 0) is 36.8 Å². The van der Waals surface area contributed by atoms with Crippen LogP contribution in [0.2, 0.25) is 0 Å². The van der Waals surface area contributed by atoms with Crippen molar-refractivity contribution in [3.63, 3.8) is 0 Å². The van der Waals surface area contributed by atoms with E-state index in [0.717, 1.165) is 22.5 Å². The number of rotatable bonds is 3. The molecule has 1 aromatic carbocycles. The van der Waals surface area contributed by atoms with E-state index in [4.69, 9.17) is 0 Å². The van der Waals surface area contributed by atoms with E-state index in [0.29, 0.717) is 11.3 Å². The number of aromatic nitrogens is 3. The highest BCUT2D eigenvalue weighted by Crippen LogP contribution is 2.22. The average Bonchev–Trinajstić information content (AvgIpc) is 3.10. The normalized spacial score (nSPS) is 10.9. The van der Waals surface area contributed by atoms with Gasteiger partial charge in [-0.1, -0.05) is 18.2 Å². The molecule has 3 aromatic heterocycles. The first-order valence-electron chi connectivity index (χ1n) is 8.54. The highest BCUT2D eigenvalue weighted by molar-refractivity contribution is 6.04. The van der Waals surface area contributed by atoms with Crippen molar-refractivity contribution in [3.05, 3.63) is 88.6 Å². The maximum absolute atomic E-state index is 12.3. The smallest absolute Gasteiger partial charge is 0.255 e. The monoisotopic (exact) mass is 358 g/mol. The van der Waals surface area contributed by atoms with Gasteiger partial charge in [0.1, 0.15) is 5.65 Å². The van der Waals surface area contributed by atoms with E-state index < -0.39 is 0 Å². The summed E-state index contributed by atoms with van der Waals surface area (Å²) in [6.45, 7) is 2.03. The Balaban J connectivity index is 1.56. The topological polar surface area (TPSA) is 68.4 Å². The quantitative estimate of drug-likeness (QED) is 0.611. The van der Waals surface area contributed by atoms with Gasteiger partial charge < -0.3 is 14.3 Å². The van der Waals surface area contributed by atoms with Crippen LogP contribution < -0.4 is 10.9 Å². The van der Waals surface area contributed by atoms with Crippen LogP contribution in [0.3, 0.4) is 0 Å². The maximum atomic E-state index is 12.3. The number of nitrogens with one attached hydrogen (secondary N) is 1. The van der Waals surface area contributed by atoms with Crippen molar-refractivity contribution in [1.29, 1.82) is 0 Å². The minimum absolute atomic E-state index is 0.222. The highest BCUT2D eigenvalue weighted by Gasteiger charge is 2.09. The van der Waals surface area contributed by atoms with Crippen molar-refractivity contribution < 1.29 is 4.79 Å². The minimum Gasteiger partial charge on any atom is -0.322 e. The lowest BCUT2D eigenvalue weighted by Crippen LogP contribution is -2.19. The third-order valence-electron chi connectivity index (χ3n) is 4.48. The Labute approximate surface area is 155 Å². The standard InChI is InChI=1S/C21H18N4O2/c1-14-4-3-10-25-13-18(23-20(14)25)15-5-7-17(8-6-15)22-21(27)16-9-11-24(2)19(26)12-16/h3-13H,1-2H3,(H,22,27). The van der Waals surface area contributed by atoms with Gasteiger partial charge in [0.25, 0.3) is 11.5 Å². The van der Waals surface area contributed by atoms with Crippen molar-refractivity contribution >= 4 is 17.2 Å². The van der Waals surface area contributed by atoms with Crippen LogP contribution in [0.1, 0.15) is 15.9 Å². The summed E-state index contributed by atoms with van der Waals surface area (Å²) in [6.07, 6.45) is 5.53. The number of fused-ring (bicyclic) bond motifs is 1. The number of carbonyl (C=O) groups excluding carboxylic acids is 1.